The van der Waals surface area contributed by atoms with E-state index in [1.165, 1.54) is 25.0 Å². The van der Waals surface area contributed by atoms with Gasteiger partial charge in [-0.05, 0) is 57.5 Å². The molecule has 1 aliphatic heterocycles. The first kappa shape index (κ1) is 14.5. The number of piperidine rings is 1. The van der Waals surface area contributed by atoms with Gasteiger partial charge in [-0.2, -0.15) is 0 Å². The monoisotopic (exact) mass is 265 g/mol. The molecule has 2 N–H and O–H groups in total. The van der Waals surface area contributed by atoms with Crippen molar-refractivity contribution in [2.45, 2.75) is 38.5 Å². The largest absolute Gasteiger partial charge is 0.330 e. The molecule has 1 aliphatic carbocycles. The van der Waals surface area contributed by atoms with Crippen molar-refractivity contribution in [1.82, 2.24) is 9.80 Å². The molecule has 0 aromatic carbocycles. The molecule has 4 nitrogen and oxygen atoms in total. The zero-order chi connectivity index (χ0) is 13.7. The molecular weight excluding hydrogens is 238 g/mol. The SMILES string of the molecule is CN(C(=O)CN1CCCC(CCN)C1)C1=CCCC1. The molecule has 1 amide bonds. The zero-order valence-corrected chi connectivity index (χ0v) is 12.1. The second-order valence-corrected chi connectivity index (χ2v) is 5.86. The molecular formula is C15H27N3O. The number of nitrogens with zero attached hydrogens (tertiary/aromatic N) is 2. The fourth-order valence-electron chi connectivity index (χ4n) is 3.18. The second kappa shape index (κ2) is 7.06. The molecule has 0 spiro atoms. The number of nitrogens with two attached hydrogens (primary N) is 1. The first-order valence-corrected chi connectivity index (χ1v) is 7.58. The molecule has 4 heteroatoms. The van der Waals surface area contributed by atoms with E-state index < -0.39 is 0 Å². The molecule has 108 valence electrons. The minimum absolute atomic E-state index is 0.238. The molecule has 0 saturated carbocycles. The van der Waals surface area contributed by atoms with Crippen molar-refractivity contribution < 1.29 is 4.79 Å². The molecule has 1 fully saturated rings. The standard InChI is InChI=1S/C15H27N3O/c1-17(14-6-2-3-7-14)15(19)12-18-10-4-5-13(11-18)8-9-16/h6,13H,2-5,7-12,16H2,1H3. The molecule has 2 rings (SSSR count). The van der Waals surface area contributed by atoms with Crippen molar-refractivity contribution >= 4 is 5.91 Å². The van der Waals surface area contributed by atoms with Crippen molar-refractivity contribution in [3.63, 3.8) is 0 Å². The highest BCUT2D eigenvalue weighted by Crippen LogP contribution is 2.22. The maximum absolute atomic E-state index is 12.3. The van der Waals surface area contributed by atoms with Gasteiger partial charge >= 0.3 is 0 Å². The third-order valence-corrected chi connectivity index (χ3v) is 4.36. The van der Waals surface area contributed by atoms with Gasteiger partial charge in [-0.15, -0.1) is 0 Å². The Labute approximate surface area is 116 Å². The Morgan fingerprint density at radius 2 is 2.37 bits per heavy atom. The Kier molecular flexibility index (Phi) is 5.40. The number of carbonyl (C=O) groups is 1. The number of amides is 1. The van der Waals surface area contributed by atoms with E-state index >= 15 is 0 Å². The highest BCUT2D eigenvalue weighted by atomic mass is 16.2. The minimum atomic E-state index is 0.238. The van der Waals surface area contributed by atoms with Gasteiger partial charge in [0.1, 0.15) is 0 Å². The van der Waals surface area contributed by atoms with E-state index in [0.29, 0.717) is 12.5 Å². The fourth-order valence-corrected chi connectivity index (χ4v) is 3.18. The molecule has 0 aromatic rings. The van der Waals surface area contributed by atoms with E-state index in [1.54, 1.807) is 0 Å². The highest BCUT2D eigenvalue weighted by molar-refractivity contribution is 5.79. The number of likely N-dealkylation sites (N-methyl/N-ethyl adjacent to an activating group) is 1. The van der Waals surface area contributed by atoms with E-state index in [1.807, 2.05) is 11.9 Å². The van der Waals surface area contributed by atoms with Crippen LogP contribution in [0.4, 0.5) is 0 Å². The van der Waals surface area contributed by atoms with Crippen LogP contribution in [0, 0.1) is 5.92 Å². The van der Waals surface area contributed by atoms with Crippen LogP contribution in [0.25, 0.3) is 0 Å². The summed E-state index contributed by atoms with van der Waals surface area (Å²) >= 11 is 0. The summed E-state index contributed by atoms with van der Waals surface area (Å²) in [6.45, 7) is 3.42. The zero-order valence-electron chi connectivity index (χ0n) is 12.1. The van der Waals surface area contributed by atoms with Crippen LogP contribution in [0.1, 0.15) is 38.5 Å². The highest BCUT2D eigenvalue weighted by Gasteiger charge is 2.23. The quantitative estimate of drug-likeness (QED) is 0.821. The molecule has 2 aliphatic rings. The van der Waals surface area contributed by atoms with Crippen LogP contribution in [0.2, 0.25) is 0 Å². The molecule has 1 heterocycles. The Balaban J connectivity index is 1.81. The van der Waals surface area contributed by atoms with Crippen LogP contribution < -0.4 is 5.73 Å². The number of hydrogen-bond acceptors (Lipinski definition) is 3. The number of hydrogen-bond donors (Lipinski definition) is 1. The normalized spacial score (nSPS) is 24.3. The summed E-state index contributed by atoms with van der Waals surface area (Å²) in [5, 5.41) is 0. The van der Waals surface area contributed by atoms with Gasteiger partial charge in [-0.3, -0.25) is 9.69 Å². The van der Waals surface area contributed by atoms with Gasteiger partial charge in [0.15, 0.2) is 0 Å². The number of carbonyl (C=O) groups excluding carboxylic acids is 1. The Hall–Kier alpha value is -0.870. The third-order valence-electron chi connectivity index (χ3n) is 4.36. The summed E-state index contributed by atoms with van der Waals surface area (Å²) in [5.41, 5.74) is 6.84. The van der Waals surface area contributed by atoms with E-state index in [0.717, 1.165) is 38.9 Å². The van der Waals surface area contributed by atoms with Gasteiger partial charge < -0.3 is 10.6 Å². The van der Waals surface area contributed by atoms with Crippen molar-refractivity contribution in [1.29, 1.82) is 0 Å². The Morgan fingerprint density at radius 1 is 1.53 bits per heavy atom. The van der Waals surface area contributed by atoms with Gasteiger partial charge in [-0.1, -0.05) is 6.08 Å². The minimum Gasteiger partial charge on any atom is -0.330 e. The first-order valence-electron chi connectivity index (χ1n) is 7.58. The fraction of sp³-hybridized carbons (Fsp3) is 0.800. The summed E-state index contributed by atoms with van der Waals surface area (Å²) in [6, 6.07) is 0. The van der Waals surface area contributed by atoms with E-state index in [2.05, 4.69) is 11.0 Å². The maximum atomic E-state index is 12.3. The molecule has 19 heavy (non-hydrogen) atoms. The molecule has 0 radical (unpaired) electrons. The van der Waals surface area contributed by atoms with Gasteiger partial charge in [0.25, 0.3) is 0 Å². The molecule has 0 aromatic heterocycles. The predicted octanol–water partition coefficient (Wildman–Crippen LogP) is 1.57. The molecule has 1 atom stereocenters. The summed E-state index contributed by atoms with van der Waals surface area (Å²) in [7, 11) is 1.92. The van der Waals surface area contributed by atoms with E-state index in [4.69, 9.17) is 5.73 Å². The topological polar surface area (TPSA) is 49.6 Å². The summed E-state index contributed by atoms with van der Waals surface area (Å²) < 4.78 is 0. The summed E-state index contributed by atoms with van der Waals surface area (Å²) in [5.74, 6) is 0.920. The number of likely N-dealkylation sites (tertiary alicyclic amines) is 1. The van der Waals surface area contributed by atoms with E-state index in [-0.39, 0.29) is 5.91 Å². The van der Waals surface area contributed by atoms with Crippen LogP contribution in [0.15, 0.2) is 11.8 Å². The average molecular weight is 265 g/mol. The van der Waals surface area contributed by atoms with Crippen LogP contribution >= 0.6 is 0 Å². The van der Waals surface area contributed by atoms with Gasteiger partial charge in [-0.25, -0.2) is 0 Å². The summed E-state index contributed by atoms with van der Waals surface area (Å²) in [4.78, 5) is 16.4. The number of rotatable bonds is 5. The van der Waals surface area contributed by atoms with E-state index in [9.17, 15) is 4.79 Å². The lowest BCUT2D eigenvalue weighted by molar-refractivity contribution is -0.129. The lowest BCUT2D eigenvalue weighted by Gasteiger charge is -2.33. The third kappa shape index (κ3) is 4.05. The van der Waals surface area contributed by atoms with Gasteiger partial charge in [0, 0.05) is 19.3 Å². The van der Waals surface area contributed by atoms with Crippen molar-refractivity contribution in [3.05, 3.63) is 11.8 Å². The smallest absolute Gasteiger partial charge is 0.240 e. The Morgan fingerprint density at radius 3 is 3.05 bits per heavy atom. The van der Waals surface area contributed by atoms with Crippen molar-refractivity contribution in [2.75, 3.05) is 33.2 Å². The molecule has 1 unspecified atom stereocenters. The lowest BCUT2D eigenvalue weighted by Crippen LogP contribution is -2.43. The molecule has 0 bridgehead atoms. The summed E-state index contributed by atoms with van der Waals surface area (Å²) in [6.07, 6.45) is 9.12. The second-order valence-electron chi connectivity index (χ2n) is 5.86. The van der Waals surface area contributed by atoms with Gasteiger partial charge in [0.2, 0.25) is 5.91 Å². The average Bonchev–Trinajstić information content (AvgIpc) is 2.92. The van der Waals surface area contributed by atoms with Crippen LogP contribution in [0.3, 0.4) is 0 Å². The Bertz CT molecular complexity index is 338. The maximum Gasteiger partial charge on any atom is 0.240 e. The van der Waals surface area contributed by atoms with Crippen molar-refractivity contribution in [3.8, 4) is 0 Å². The lowest BCUT2D eigenvalue weighted by atomic mass is 9.95. The first-order chi connectivity index (χ1) is 9.20. The van der Waals surface area contributed by atoms with Crippen molar-refractivity contribution in [2.24, 2.45) is 11.7 Å². The van der Waals surface area contributed by atoms with Crippen LogP contribution in [-0.2, 0) is 4.79 Å². The van der Waals surface area contributed by atoms with Crippen LogP contribution in [-0.4, -0.2) is 48.9 Å². The predicted molar refractivity (Wildman–Crippen MR) is 77.5 cm³/mol. The van der Waals surface area contributed by atoms with Gasteiger partial charge in [0.05, 0.1) is 6.54 Å². The molecule has 1 saturated heterocycles. The van der Waals surface area contributed by atoms with Crippen LogP contribution in [0.5, 0.6) is 0 Å². The number of allylic oxidation sites excluding steroid dienone is 2.